The molecule has 124 valence electrons. The molecular formula is C20H19BrO3. The highest BCUT2D eigenvalue weighted by Crippen LogP contribution is 2.60. The summed E-state index contributed by atoms with van der Waals surface area (Å²) in [4.78, 5) is 25.7. The molecule has 0 aliphatic heterocycles. The topological polar surface area (TPSA) is 43.4 Å². The van der Waals surface area contributed by atoms with Gasteiger partial charge in [0.25, 0.3) is 0 Å². The molecule has 2 aromatic rings. The van der Waals surface area contributed by atoms with E-state index in [1.807, 2.05) is 44.2 Å². The zero-order chi connectivity index (χ0) is 17.1. The quantitative estimate of drug-likeness (QED) is 0.418. The van der Waals surface area contributed by atoms with Gasteiger partial charge in [0, 0.05) is 5.41 Å². The minimum atomic E-state index is -0.945. The highest BCUT2D eigenvalue weighted by Gasteiger charge is 2.66. The minimum Gasteiger partial charge on any atom is -0.425 e. The number of ether oxygens (including phenoxy) is 1. The van der Waals surface area contributed by atoms with Crippen LogP contribution in [0.15, 0.2) is 40.9 Å². The van der Waals surface area contributed by atoms with Gasteiger partial charge in [-0.25, -0.2) is 0 Å². The van der Waals surface area contributed by atoms with Crippen LogP contribution in [0, 0.1) is 16.7 Å². The fraction of sp³-hybridized carbons (Fsp3) is 0.400. The van der Waals surface area contributed by atoms with Crippen LogP contribution in [0.3, 0.4) is 0 Å². The predicted octanol–water partition coefficient (Wildman–Crippen LogP) is 4.90. The molecule has 2 aromatic carbocycles. The van der Waals surface area contributed by atoms with E-state index in [0.29, 0.717) is 18.6 Å². The number of carbonyl (C=O) groups excluding carboxylic acids is 2. The summed E-state index contributed by atoms with van der Waals surface area (Å²) < 4.78 is 6.47. The van der Waals surface area contributed by atoms with Crippen LogP contribution in [0.25, 0.3) is 10.8 Å². The first-order valence-corrected chi connectivity index (χ1v) is 9.10. The Bertz CT molecular complexity index is 870. The predicted molar refractivity (Wildman–Crippen MR) is 95.8 cm³/mol. The fourth-order valence-corrected chi connectivity index (χ4v) is 5.01. The second-order valence-electron chi connectivity index (χ2n) is 7.56. The van der Waals surface area contributed by atoms with Crippen LogP contribution in [0.5, 0.6) is 5.75 Å². The van der Waals surface area contributed by atoms with E-state index in [4.69, 9.17) is 4.74 Å². The molecule has 2 saturated carbocycles. The van der Waals surface area contributed by atoms with Crippen molar-refractivity contribution in [2.24, 2.45) is 16.7 Å². The lowest BCUT2D eigenvalue weighted by Crippen LogP contribution is -2.43. The molecule has 0 spiro atoms. The van der Waals surface area contributed by atoms with Gasteiger partial charge >= 0.3 is 5.97 Å². The number of carbonyl (C=O) groups is 2. The lowest BCUT2D eigenvalue weighted by molar-refractivity contribution is -0.154. The van der Waals surface area contributed by atoms with Crippen LogP contribution in [0.4, 0.5) is 0 Å². The van der Waals surface area contributed by atoms with Gasteiger partial charge in [0.2, 0.25) is 0 Å². The number of fused-ring (bicyclic) bond motifs is 3. The van der Waals surface area contributed by atoms with Crippen LogP contribution >= 0.6 is 15.9 Å². The summed E-state index contributed by atoms with van der Waals surface area (Å²) in [6.45, 7) is 3.92. The van der Waals surface area contributed by atoms with Crippen molar-refractivity contribution >= 4 is 38.5 Å². The third-order valence-electron chi connectivity index (χ3n) is 5.98. The van der Waals surface area contributed by atoms with Crippen LogP contribution < -0.4 is 4.74 Å². The molecule has 0 radical (unpaired) electrons. The van der Waals surface area contributed by atoms with Crippen molar-refractivity contribution in [3.63, 3.8) is 0 Å². The van der Waals surface area contributed by atoms with Crippen molar-refractivity contribution in [1.29, 1.82) is 0 Å². The zero-order valence-electron chi connectivity index (χ0n) is 13.8. The molecule has 0 amide bonds. The molecule has 2 aliphatic rings. The molecule has 2 fully saturated rings. The Morgan fingerprint density at radius 1 is 1.21 bits per heavy atom. The van der Waals surface area contributed by atoms with Crippen molar-refractivity contribution in [2.75, 3.05) is 0 Å². The average molecular weight is 387 g/mol. The molecular weight excluding hydrogens is 368 g/mol. The molecule has 2 aliphatic carbocycles. The van der Waals surface area contributed by atoms with Gasteiger partial charge in [0.05, 0.1) is 4.47 Å². The molecule has 0 N–H and O–H groups in total. The molecule has 2 unspecified atom stereocenters. The summed E-state index contributed by atoms with van der Waals surface area (Å²) in [5, 5.41) is 2.06. The Hall–Kier alpha value is -1.68. The van der Waals surface area contributed by atoms with Gasteiger partial charge in [-0.1, -0.05) is 44.2 Å². The highest BCUT2D eigenvalue weighted by molar-refractivity contribution is 9.10. The van der Waals surface area contributed by atoms with E-state index in [9.17, 15) is 9.59 Å². The third kappa shape index (κ3) is 2.02. The standard InChI is InChI=1S/C20H19BrO3/c1-19(2)13-9-10-20(11-13,17(19)22)18(23)24-15-8-7-12-5-3-4-6-14(12)16(15)21/h3-8,13H,9-11H2,1-2H3. The maximum Gasteiger partial charge on any atom is 0.325 e. The smallest absolute Gasteiger partial charge is 0.325 e. The number of esters is 1. The van der Waals surface area contributed by atoms with E-state index < -0.39 is 16.8 Å². The third-order valence-corrected chi connectivity index (χ3v) is 6.79. The van der Waals surface area contributed by atoms with Gasteiger partial charge < -0.3 is 4.74 Å². The first-order chi connectivity index (χ1) is 11.4. The minimum absolute atomic E-state index is 0.0492. The average Bonchev–Trinajstić information content (AvgIpc) is 3.10. The molecule has 4 heteroatoms. The summed E-state index contributed by atoms with van der Waals surface area (Å²) in [5.41, 5.74) is -1.36. The van der Waals surface area contributed by atoms with Crippen molar-refractivity contribution in [1.82, 2.24) is 0 Å². The Balaban J connectivity index is 1.68. The second kappa shape index (κ2) is 5.16. The van der Waals surface area contributed by atoms with Gasteiger partial charge in [0.15, 0.2) is 5.78 Å². The van der Waals surface area contributed by atoms with Crippen molar-refractivity contribution in [3.8, 4) is 5.75 Å². The largest absolute Gasteiger partial charge is 0.425 e. The molecule has 0 heterocycles. The maximum absolute atomic E-state index is 12.9. The normalized spacial score (nSPS) is 27.6. The van der Waals surface area contributed by atoms with Gasteiger partial charge in [0.1, 0.15) is 11.2 Å². The van der Waals surface area contributed by atoms with Gasteiger partial charge in [-0.15, -0.1) is 0 Å². The monoisotopic (exact) mass is 386 g/mol. The molecule has 24 heavy (non-hydrogen) atoms. The number of Topliss-reactive ketones (excluding diaryl/α,β-unsaturated/α-hetero) is 1. The van der Waals surface area contributed by atoms with Crippen molar-refractivity contribution < 1.29 is 14.3 Å². The van der Waals surface area contributed by atoms with Crippen LogP contribution in [-0.2, 0) is 9.59 Å². The number of hydrogen-bond acceptors (Lipinski definition) is 3. The first kappa shape index (κ1) is 15.8. The summed E-state index contributed by atoms with van der Waals surface area (Å²) in [6.07, 6.45) is 2.17. The van der Waals surface area contributed by atoms with E-state index >= 15 is 0 Å². The van der Waals surface area contributed by atoms with Crippen LogP contribution in [0.1, 0.15) is 33.1 Å². The number of benzene rings is 2. The molecule has 0 saturated heterocycles. The molecule has 2 atom stereocenters. The number of ketones is 1. The van der Waals surface area contributed by atoms with Crippen molar-refractivity contribution in [3.05, 3.63) is 40.9 Å². The number of hydrogen-bond donors (Lipinski definition) is 0. The molecule has 3 nitrogen and oxygen atoms in total. The van der Waals surface area contributed by atoms with E-state index in [0.717, 1.165) is 21.7 Å². The van der Waals surface area contributed by atoms with Gasteiger partial charge in [-0.05, 0) is 57.9 Å². The summed E-state index contributed by atoms with van der Waals surface area (Å²) in [5.74, 6) is 0.427. The first-order valence-electron chi connectivity index (χ1n) is 8.31. The van der Waals surface area contributed by atoms with Gasteiger partial charge in [-0.2, -0.15) is 0 Å². The fourth-order valence-electron chi connectivity index (χ4n) is 4.44. The number of halogens is 1. The van der Waals surface area contributed by atoms with Crippen LogP contribution in [-0.4, -0.2) is 11.8 Å². The second-order valence-corrected chi connectivity index (χ2v) is 8.35. The zero-order valence-corrected chi connectivity index (χ0v) is 15.4. The Morgan fingerprint density at radius 2 is 1.96 bits per heavy atom. The lowest BCUT2D eigenvalue weighted by atomic mass is 9.71. The lowest BCUT2D eigenvalue weighted by Gasteiger charge is -2.31. The van der Waals surface area contributed by atoms with E-state index in [1.54, 1.807) is 6.07 Å². The van der Waals surface area contributed by atoms with E-state index in [2.05, 4.69) is 15.9 Å². The summed E-state index contributed by atoms with van der Waals surface area (Å²) in [6, 6.07) is 11.6. The summed E-state index contributed by atoms with van der Waals surface area (Å²) >= 11 is 3.54. The molecule has 0 aromatic heterocycles. The maximum atomic E-state index is 12.9. The Labute approximate surface area is 149 Å². The van der Waals surface area contributed by atoms with E-state index in [-0.39, 0.29) is 11.7 Å². The van der Waals surface area contributed by atoms with Crippen LogP contribution in [0.2, 0.25) is 0 Å². The molecule has 2 bridgehead atoms. The van der Waals surface area contributed by atoms with E-state index in [1.165, 1.54) is 0 Å². The van der Waals surface area contributed by atoms with Gasteiger partial charge in [-0.3, -0.25) is 9.59 Å². The van der Waals surface area contributed by atoms with Crippen molar-refractivity contribution in [2.45, 2.75) is 33.1 Å². The number of rotatable bonds is 2. The summed E-state index contributed by atoms with van der Waals surface area (Å²) in [7, 11) is 0. The SMILES string of the molecule is CC1(C)C(=O)C2(C(=O)Oc3ccc4ccccc4c3Br)CCC1C2. The Morgan fingerprint density at radius 3 is 2.67 bits per heavy atom. The molecule has 4 rings (SSSR count). The Kier molecular flexibility index (Phi) is 3.40. The highest BCUT2D eigenvalue weighted by atomic mass is 79.9.